The highest BCUT2D eigenvalue weighted by Crippen LogP contribution is 2.21. The monoisotopic (exact) mass is 243 g/mol. The largest absolute Gasteiger partial charge is 0.508 e. The number of nitrogens with one attached hydrogen (secondary N) is 1. The van der Waals surface area contributed by atoms with Crippen LogP contribution in [-0.2, 0) is 4.79 Å². The molecule has 1 aromatic carbocycles. The first-order chi connectivity index (χ1) is 7.58. The molecule has 1 atom stereocenters. The van der Waals surface area contributed by atoms with Gasteiger partial charge >= 0.3 is 0 Å². The number of thioether (sulfide) groups is 1. The first-order valence-electron chi connectivity index (χ1n) is 4.90. The summed E-state index contributed by atoms with van der Waals surface area (Å²) in [6.45, 7) is 1.90. The summed E-state index contributed by atoms with van der Waals surface area (Å²) >= 11 is 1.42. The molecule has 2 N–H and O–H groups in total. The molecule has 0 heterocycles. The van der Waals surface area contributed by atoms with Crippen LogP contribution >= 0.6 is 11.8 Å². The van der Waals surface area contributed by atoms with Crippen molar-refractivity contribution >= 4 is 23.4 Å². The van der Waals surface area contributed by atoms with E-state index in [4.69, 9.17) is 5.11 Å². The third-order valence-corrected chi connectivity index (χ3v) is 3.27. The van der Waals surface area contributed by atoms with Gasteiger partial charge in [-0.05, 0) is 24.8 Å². The average molecular weight is 243 g/mol. The number of aromatic hydroxyl groups is 1. The zero-order chi connectivity index (χ0) is 12.1. The first kappa shape index (κ1) is 12.8. The lowest BCUT2D eigenvalue weighted by Crippen LogP contribution is -2.24. The van der Waals surface area contributed by atoms with E-state index < -0.39 is 5.82 Å². The van der Waals surface area contributed by atoms with E-state index in [2.05, 4.69) is 5.32 Å². The number of carbonyl (C=O) groups excluding carboxylic acids is 1. The molecule has 0 aliphatic carbocycles. The molecule has 0 fully saturated rings. The third-order valence-electron chi connectivity index (χ3n) is 2.16. The van der Waals surface area contributed by atoms with Gasteiger partial charge in [-0.15, -0.1) is 0 Å². The van der Waals surface area contributed by atoms with Gasteiger partial charge in [0.1, 0.15) is 11.6 Å². The van der Waals surface area contributed by atoms with Gasteiger partial charge < -0.3 is 10.4 Å². The van der Waals surface area contributed by atoms with Gasteiger partial charge in [0, 0.05) is 6.07 Å². The Bertz CT molecular complexity index is 380. The SMILES string of the molecule is CC[C@H](SC)C(=O)Nc1ccc(O)cc1F. The van der Waals surface area contributed by atoms with Gasteiger partial charge in [-0.2, -0.15) is 11.8 Å². The molecule has 1 amide bonds. The Morgan fingerprint density at radius 2 is 2.31 bits per heavy atom. The van der Waals surface area contributed by atoms with Gasteiger partial charge in [0.15, 0.2) is 0 Å². The molecule has 0 saturated heterocycles. The van der Waals surface area contributed by atoms with Gasteiger partial charge in [0.2, 0.25) is 5.91 Å². The molecular weight excluding hydrogens is 229 g/mol. The van der Waals surface area contributed by atoms with E-state index in [-0.39, 0.29) is 22.6 Å². The summed E-state index contributed by atoms with van der Waals surface area (Å²) in [6, 6.07) is 3.64. The van der Waals surface area contributed by atoms with E-state index in [0.29, 0.717) is 6.42 Å². The van der Waals surface area contributed by atoms with Crippen LogP contribution in [-0.4, -0.2) is 22.5 Å². The predicted octanol–water partition coefficient (Wildman–Crippen LogP) is 2.61. The fourth-order valence-electron chi connectivity index (χ4n) is 1.28. The van der Waals surface area contributed by atoms with E-state index in [1.807, 2.05) is 13.2 Å². The van der Waals surface area contributed by atoms with Crippen LogP contribution in [0.1, 0.15) is 13.3 Å². The second-order valence-electron chi connectivity index (χ2n) is 3.29. The summed E-state index contributed by atoms with van der Waals surface area (Å²) in [5, 5.41) is 11.3. The van der Waals surface area contributed by atoms with E-state index in [9.17, 15) is 9.18 Å². The number of benzene rings is 1. The first-order valence-corrected chi connectivity index (χ1v) is 6.19. The number of hydrogen-bond donors (Lipinski definition) is 2. The van der Waals surface area contributed by atoms with Gasteiger partial charge in [0.05, 0.1) is 10.9 Å². The number of phenols is 1. The molecule has 3 nitrogen and oxygen atoms in total. The smallest absolute Gasteiger partial charge is 0.237 e. The molecule has 0 unspecified atom stereocenters. The lowest BCUT2D eigenvalue weighted by molar-refractivity contribution is -0.115. The highest BCUT2D eigenvalue weighted by Gasteiger charge is 2.16. The van der Waals surface area contributed by atoms with E-state index >= 15 is 0 Å². The summed E-state index contributed by atoms with van der Waals surface area (Å²) < 4.78 is 13.3. The van der Waals surface area contributed by atoms with Crippen molar-refractivity contribution in [3.05, 3.63) is 24.0 Å². The molecular formula is C11H14FNO2S. The maximum Gasteiger partial charge on any atom is 0.237 e. The summed E-state index contributed by atoms with van der Waals surface area (Å²) in [5.41, 5.74) is 0.0929. The summed E-state index contributed by atoms with van der Waals surface area (Å²) in [7, 11) is 0. The van der Waals surface area contributed by atoms with Gasteiger partial charge in [-0.1, -0.05) is 6.92 Å². The van der Waals surface area contributed by atoms with Gasteiger partial charge in [-0.3, -0.25) is 4.79 Å². The number of carbonyl (C=O) groups is 1. The fraction of sp³-hybridized carbons (Fsp3) is 0.364. The second-order valence-corrected chi connectivity index (χ2v) is 4.33. The van der Waals surface area contributed by atoms with Gasteiger partial charge in [-0.25, -0.2) is 4.39 Å². The molecule has 0 aromatic heterocycles. The molecule has 16 heavy (non-hydrogen) atoms. The molecule has 0 aliphatic rings. The lowest BCUT2D eigenvalue weighted by atomic mass is 10.2. The molecule has 0 spiro atoms. The van der Waals surface area contributed by atoms with Crippen LogP contribution in [0.4, 0.5) is 10.1 Å². The average Bonchev–Trinajstić information content (AvgIpc) is 2.24. The molecule has 1 aromatic rings. The number of hydrogen-bond acceptors (Lipinski definition) is 3. The topological polar surface area (TPSA) is 49.3 Å². The molecule has 88 valence electrons. The Morgan fingerprint density at radius 1 is 1.62 bits per heavy atom. The van der Waals surface area contributed by atoms with Crippen LogP contribution in [0, 0.1) is 5.82 Å². The summed E-state index contributed by atoms with van der Waals surface area (Å²) in [4.78, 5) is 11.7. The van der Waals surface area contributed by atoms with Gasteiger partial charge in [0.25, 0.3) is 0 Å². The Hall–Kier alpha value is -1.23. The number of phenolic OH excluding ortho intramolecular Hbond substituents is 1. The number of halogens is 1. The number of anilines is 1. The van der Waals surface area contributed by atoms with Crippen LogP contribution in [0.25, 0.3) is 0 Å². The maximum atomic E-state index is 13.3. The van der Waals surface area contributed by atoms with Crippen molar-refractivity contribution in [3.8, 4) is 5.75 Å². The van der Waals surface area contributed by atoms with Crippen LogP contribution in [0.15, 0.2) is 18.2 Å². The molecule has 0 aliphatic heterocycles. The predicted molar refractivity (Wildman–Crippen MR) is 64.3 cm³/mol. The Morgan fingerprint density at radius 3 is 2.81 bits per heavy atom. The number of rotatable bonds is 4. The Labute approximate surface area is 98.1 Å². The van der Waals surface area contributed by atoms with Crippen molar-refractivity contribution in [3.63, 3.8) is 0 Å². The van der Waals surface area contributed by atoms with Crippen molar-refractivity contribution in [1.29, 1.82) is 0 Å². The zero-order valence-electron chi connectivity index (χ0n) is 9.16. The van der Waals surface area contributed by atoms with Crippen molar-refractivity contribution in [2.45, 2.75) is 18.6 Å². The molecule has 1 rings (SSSR count). The minimum absolute atomic E-state index is 0.0929. The molecule has 5 heteroatoms. The van der Waals surface area contributed by atoms with E-state index in [1.165, 1.54) is 23.9 Å². The van der Waals surface area contributed by atoms with Crippen LogP contribution in [0.5, 0.6) is 5.75 Å². The lowest BCUT2D eigenvalue weighted by Gasteiger charge is -2.12. The highest BCUT2D eigenvalue weighted by molar-refractivity contribution is 7.99. The quantitative estimate of drug-likeness (QED) is 0.799. The van der Waals surface area contributed by atoms with Crippen LogP contribution < -0.4 is 5.32 Å². The molecule has 0 saturated carbocycles. The fourth-order valence-corrected chi connectivity index (χ4v) is 1.88. The number of amides is 1. The van der Waals surface area contributed by atoms with E-state index in [1.54, 1.807) is 0 Å². The Balaban J connectivity index is 2.76. The maximum absolute atomic E-state index is 13.3. The van der Waals surface area contributed by atoms with Crippen LogP contribution in [0.3, 0.4) is 0 Å². The van der Waals surface area contributed by atoms with Crippen molar-refractivity contribution in [2.75, 3.05) is 11.6 Å². The highest BCUT2D eigenvalue weighted by atomic mass is 32.2. The molecule has 0 radical (unpaired) electrons. The minimum atomic E-state index is -0.635. The zero-order valence-corrected chi connectivity index (χ0v) is 9.97. The minimum Gasteiger partial charge on any atom is -0.508 e. The van der Waals surface area contributed by atoms with Crippen molar-refractivity contribution in [2.24, 2.45) is 0 Å². The normalized spacial score (nSPS) is 12.2. The third kappa shape index (κ3) is 3.13. The summed E-state index contributed by atoms with van der Waals surface area (Å²) in [6.07, 6.45) is 2.52. The van der Waals surface area contributed by atoms with Crippen molar-refractivity contribution in [1.82, 2.24) is 0 Å². The summed E-state index contributed by atoms with van der Waals surface area (Å²) in [5.74, 6) is -1.02. The van der Waals surface area contributed by atoms with Crippen molar-refractivity contribution < 1.29 is 14.3 Å². The Kier molecular flexibility index (Phi) is 4.61. The standard InChI is InChI=1S/C11H14FNO2S/c1-3-10(16-2)11(15)13-9-5-4-7(14)6-8(9)12/h4-6,10,14H,3H2,1-2H3,(H,13,15)/t10-/m0/s1. The second kappa shape index (κ2) is 5.75. The molecule has 0 bridgehead atoms. The van der Waals surface area contributed by atoms with E-state index in [0.717, 1.165) is 6.07 Å². The van der Waals surface area contributed by atoms with Crippen LogP contribution in [0.2, 0.25) is 0 Å².